The standard InChI is InChI=1S/C14H8N2O6/c17-13-9-6-12(8-4-2-1-3-5-8)22-14(9)11(16(20)21)7-10(13)15(18)19/h1-7,17H. The molecule has 0 aliphatic rings. The molecule has 3 aromatic rings. The van der Waals surface area contributed by atoms with Crippen molar-refractivity contribution in [3.63, 3.8) is 0 Å². The number of hydrogen-bond donors (Lipinski definition) is 1. The molecule has 0 saturated carbocycles. The minimum absolute atomic E-state index is 0.0697. The number of furan rings is 1. The van der Waals surface area contributed by atoms with Crippen molar-refractivity contribution in [3.05, 3.63) is 62.7 Å². The van der Waals surface area contributed by atoms with E-state index in [0.29, 0.717) is 11.6 Å². The second-order valence-corrected chi connectivity index (χ2v) is 4.50. The fourth-order valence-electron chi connectivity index (χ4n) is 2.18. The molecule has 0 saturated heterocycles. The lowest BCUT2D eigenvalue weighted by atomic mass is 10.1. The van der Waals surface area contributed by atoms with Crippen LogP contribution in [0.1, 0.15) is 0 Å². The minimum Gasteiger partial charge on any atom is -0.502 e. The van der Waals surface area contributed by atoms with E-state index in [1.54, 1.807) is 30.3 Å². The summed E-state index contributed by atoms with van der Waals surface area (Å²) in [5.74, 6) is -0.383. The first-order valence-corrected chi connectivity index (χ1v) is 6.12. The van der Waals surface area contributed by atoms with E-state index in [4.69, 9.17) is 4.42 Å². The lowest BCUT2D eigenvalue weighted by molar-refractivity contribution is -0.393. The normalized spacial score (nSPS) is 10.7. The van der Waals surface area contributed by atoms with Crippen LogP contribution in [0.5, 0.6) is 5.75 Å². The van der Waals surface area contributed by atoms with Gasteiger partial charge in [-0.05, 0) is 6.07 Å². The molecule has 0 unspecified atom stereocenters. The lowest BCUT2D eigenvalue weighted by Crippen LogP contribution is -1.93. The Labute approximate surface area is 122 Å². The number of phenols is 1. The van der Waals surface area contributed by atoms with Gasteiger partial charge in [-0.1, -0.05) is 30.3 Å². The van der Waals surface area contributed by atoms with Crippen molar-refractivity contribution in [2.75, 3.05) is 0 Å². The summed E-state index contributed by atoms with van der Waals surface area (Å²) >= 11 is 0. The number of rotatable bonds is 3. The average Bonchev–Trinajstić information content (AvgIpc) is 2.93. The molecule has 0 radical (unpaired) electrons. The number of fused-ring (bicyclic) bond motifs is 1. The molecule has 110 valence electrons. The summed E-state index contributed by atoms with van der Waals surface area (Å²) in [6, 6.07) is 10.8. The van der Waals surface area contributed by atoms with E-state index in [-0.39, 0.29) is 16.7 Å². The molecule has 0 bridgehead atoms. The van der Waals surface area contributed by atoms with Gasteiger partial charge in [0.05, 0.1) is 15.2 Å². The van der Waals surface area contributed by atoms with Crippen molar-refractivity contribution in [3.8, 4) is 17.1 Å². The molecule has 0 amide bonds. The molecule has 8 heteroatoms. The predicted octanol–water partition coefficient (Wildman–Crippen LogP) is 3.62. The molecule has 0 fully saturated rings. The quantitative estimate of drug-likeness (QED) is 0.582. The van der Waals surface area contributed by atoms with Crippen molar-refractivity contribution < 1.29 is 19.4 Å². The number of non-ortho nitro benzene ring substituents is 1. The highest BCUT2D eigenvalue weighted by atomic mass is 16.6. The SMILES string of the molecule is O=[N+]([O-])c1cc([N+](=O)[O-])c2oc(-c3ccccc3)cc2c1O. The van der Waals surface area contributed by atoms with Gasteiger partial charge in [-0.15, -0.1) is 0 Å². The van der Waals surface area contributed by atoms with Crippen molar-refractivity contribution >= 4 is 22.3 Å². The van der Waals surface area contributed by atoms with Crippen molar-refractivity contribution in [2.24, 2.45) is 0 Å². The summed E-state index contributed by atoms with van der Waals surface area (Å²) < 4.78 is 5.44. The Morgan fingerprint density at radius 2 is 1.59 bits per heavy atom. The van der Waals surface area contributed by atoms with Crippen molar-refractivity contribution in [2.45, 2.75) is 0 Å². The second kappa shape index (κ2) is 4.85. The molecule has 1 aromatic heterocycles. The molecule has 22 heavy (non-hydrogen) atoms. The number of nitro benzene ring substituents is 2. The minimum atomic E-state index is -0.878. The Kier molecular flexibility index (Phi) is 2.99. The molecule has 8 nitrogen and oxygen atoms in total. The topological polar surface area (TPSA) is 120 Å². The third kappa shape index (κ3) is 2.03. The van der Waals surface area contributed by atoms with Crippen LogP contribution < -0.4 is 0 Å². The zero-order chi connectivity index (χ0) is 15.9. The van der Waals surface area contributed by atoms with Crippen LogP contribution in [0.2, 0.25) is 0 Å². The molecular formula is C14H8N2O6. The highest BCUT2D eigenvalue weighted by Gasteiger charge is 2.28. The van der Waals surface area contributed by atoms with Gasteiger partial charge in [-0.25, -0.2) is 0 Å². The summed E-state index contributed by atoms with van der Waals surface area (Å²) in [5, 5.41) is 31.9. The Balaban J connectivity index is 2.35. The maximum atomic E-state index is 11.1. The lowest BCUT2D eigenvalue weighted by Gasteiger charge is -1.98. The number of nitro groups is 2. The highest BCUT2D eigenvalue weighted by molar-refractivity contribution is 5.97. The van der Waals surface area contributed by atoms with E-state index in [0.717, 1.165) is 0 Å². The first-order chi connectivity index (χ1) is 10.5. The third-order valence-corrected chi connectivity index (χ3v) is 3.19. The summed E-state index contributed by atoms with van der Waals surface area (Å²) in [7, 11) is 0. The van der Waals surface area contributed by atoms with Crippen LogP contribution in [0.3, 0.4) is 0 Å². The first kappa shape index (κ1) is 13.6. The Hall–Kier alpha value is -3.42. The van der Waals surface area contributed by atoms with Crippen LogP contribution in [0.25, 0.3) is 22.3 Å². The Bertz CT molecular complexity index is 901. The summed E-state index contributed by atoms with van der Waals surface area (Å²) in [6.45, 7) is 0. The number of aromatic hydroxyl groups is 1. The van der Waals surface area contributed by atoms with Gasteiger partial charge in [0.2, 0.25) is 11.3 Å². The fraction of sp³-hybridized carbons (Fsp3) is 0. The van der Waals surface area contributed by atoms with Crippen LogP contribution in [-0.4, -0.2) is 15.0 Å². The van der Waals surface area contributed by atoms with Gasteiger partial charge in [0.15, 0.2) is 0 Å². The average molecular weight is 300 g/mol. The van der Waals surface area contributed by atoms with Gasteiger partial charge in [0.1, 0.15) is 11.8 Å². The number of phenolic OH excluding ortho intramolecular Hbond substituents is 1. The van der Waals surface area contributed by atoms with Crippen LogP contribution in [-0.2, 0) is 0 Å². The molecule has 0 atom stereocenters. The molecule has 0 aliphatic heterocycles. The Morgan fingerprint density at radius 1 is 0.955 bits per heavy atom. The zero-order valence-electron chi connectivity index (χ0n) is 10.9. The Morgan fingerprint density at radius 3 is 2.18 bits per heavy atom. The van der Waals surface area contributed by atoms with Gasteiger partial charge < -0.3 is 9.52 Å². The molecule has 0 aliphatic carbocycles. The predicted molar refractivity (Wildman–Crippen MR) is 76.6 cm³/mol. The maximum Gasteiger partial charge on any atom is 0.319 e. The smallest absolute Gasteiger partial charge is 0.319 e. The monoisotopic (exact) mass is 300 g/mol. The summed E-state index contributed by atoms with van der Waals surface area (Å²) in [4.78, 5) is 20.3. The maximum absolute atomic E-state index is 11.1. The van der Waals surface area contributed by atoms with E-state index in [1.807, 2.05) is 0 Å². The number of benzene rings is 2. The first-order valence-electron chi connectivity index (χ1n) is 6.12. The fourth-order valence-corrected chi connectivity index (χ4v) is 2.18. The molecule has 0 spiro atoms. The summed E-state index contributed by atoms with van der Waals surface area (Å²) in [6.07, 6.45) is 0. The van der Waals surface area contributed by atoms with Gasteiger partial charge in [0.25, 0.3) is 0 Å². The van der Waals surface area contributed by atoms with Gasteiger partial charge in [-0.2, -0.15) is 0 Å². The van der Waals surface area contributed by atoms with E-state index in [2.05, 4.69) is 0 Å². The van der Waals surface area contributed by atoms with Crippen LogP contribution >= 0.6 is 0 Å². The van der Waals surface area contributed by atoms with E-state index < -0.39 is 27.0 Å². The highest BCUT2D eigenvalue weighted by Crippen LogP contribution is 2.43. The van der Waals surface area contributed by atoms with Crippen LogP contribution in [0.4, 0.5) is 11.4 Å². The van der Waals surface area contributed by atoms with E-state index in [9.17, 15) is 25.3 Å². The van der Waals surface area contributed by atoms with E-state index in [1.165, 1.54) is 6.07 Å². The van der Waals surface area contributed by atoms with Crippen molar-refractivity contribution in [1.82, 2.24) is 0 Å². The molecule has 1 N–H and O–H groups in total. The number of nitrogens with zero attached hydrogens (tertiary/aromatic N) is 2. The zero-order valence-corrected chi connectivity index (χ0v) is 10.9. The third-order valence-electron chi connectivity index (χ3n) is 3.19. The molecule has 3 rings (SSSR count). The summed E-state index contributed by atoms with van der Waals surface area (Å²) in [5.41, 5.74) is -0.872. The van der Waals surface area contributed by atoms with E-state index >= 15 is 0 Å². The molecule has 2 aromatic carbocycles. The second-order valence-electron chi connectivity index (χ2n) is 4.50. The van der Waals surface area contributed by atoms with Gasteiger partial charge in [0, 0.05) is 5.56 Å². The molecular weight excluding hydrogens is 292 g/mol. The van der Waals surface area contributed by atoms with Crippen LogP contribution in [0.15, 0.2) is 46.9 Å². The van der Waals surface area contributed by atoms with Crippen molar-refractivity contribution in [1.29, 1.82) is 0 Å². The molecule has 1 heterocycles. The largest absolute Gasteiger partial charge is 0.502 e. The number of hydrogen-bond acceptors (Lipinski definition) is 6. The van der Waals surface area contributed by atoms with Gasteiger partial charge >= 0.3 is 11.4 Å². The van der Waals surface area contributed by atoms with Gasteiger partial charge in [-0.3, -0.25) is 20.2 Å². The van der Waals surface area contributed by atoms with Crippen LogP contribution in [0, 0.1) is 20.2 Å².